The molecule has 0 unspecified atom stereocenters. The van der Waals surface area contributed by atoms with Crippen molar-refractivity contribution in [1.29, 1.82) is 0 Å². The Bertz CT molecular complexity index is 558. The maximum atomic E-state index is 9.90. The van der Waals surface area contributed by atoms with E-state index < -0.39 is 5.60 Å². The van der Waals surface area contributed by atoms with Gasteiger partial charge in [-0.1, -0.05) is 6.07 Å². The highest BCUT2D eigenvalue weighted by Crippen LogP contribution is 2.26. The minimum absolute atomic E-state index is 0.473. The van der Waals surface area contributed by atoms with Crippen LogP contribution in [-0.2, 0) is 6.42 Å². The maximum Gasteiger partial charge on any atom is 0.0631 e. The van der Waals surface area contributed by atoms with Crippen molar-refractivity contribution in [2.24, 2.45) is 0 Å². The summed E-state index contributed by atoms with van der Waals surface area (Å²) in [6.07, 6.45) is 2.90. The molecule has 0 aliphatic rings. The van der Waals surface area contributed by atoms with Gasteiger partial charge in [0.25, 0.3) is 0 Å². The standard InChI is InChI=1S/C16H23NO/c1-11(2)17-10-12(3)14-8-13(6-7-15(14)17)9-16(4,5)18/h6-8,10-11,18H,9H2,1-5H3. The van der Waals surface area contributed by atoms with E-state index in [2.05, 4.69) is 49.7 Å². The van der Waals surface area contributed by atoms with Crippen molar-refractivity contribution < 1.29 is 5.11 Å². The van der Waals surface area contributed by atoms with Crippen molar-refractivity contribution in [2.75, 3.05) is 0 Å². The van der Waals surface area contributed by atoms with Gasteiger partial charge in [0.15, 0.2) is 0 Å². The molecule has 98 valence electrons. The van der Waals surface area contributed by atoms with Gasteiger partial charge in [-0.15, -0.1) is 0 Å². The van der Waals surface area contributed by atoms with Crippen LogP contribution >= 0.6 is 0 Å². The third-order valence-electron chi connectivity index (χ3n) is 3.29. The summed E-state index contributed by atoms with van der Waals surface area (Å²) in [6.45, 7) is 10.2. The van der Waals surface area contributed by atoms with Crippen molar-refractivity contribution in [3.63, 3.8) is 0 Å². The molecule has 18 heavy (non-hydrogen) atoms. The number of fused-ring (bicyclic) bond motifs is 1. The number of nitrogens with zero attached hydrogens (tertiary/aromatic N) is 1. The first kappa shape index (κ1) is 13.2. The van der Waals surface area contributed by atoms with Crippen LogP contribution in [0.2, 0.25) is 0 Å². The molecular weight excluding hydrogens is 222 g/mol. The summed E-state index contributed by atoms with van der Waals surface area (Å²) < 4.78 is 2.30. The summed E-state index contributed by atoms with van der Waals surface area (Å²) in [5, 5.41) is 11.2. The van der Waals surface area contributed by atoms with Crippen LogP contribution < -0.4 is 0 Å². The van der Waals surface area contributed by atoms with Crippen LogP contribution in [0.5, 0.6) is 0 Å². The molecule has 2 aromatic rings. The van der Waals surface area contributed by atoms with Gasteiger partial charge in [0.2, 0.25) is 0 Å². The number of rotatable bonds is 3. The zero-order chi connectivity index (χ0) is 13.5. The fraction of sp³-hybridized carbons (Fsp3) is 0.500. The highest BCUT2D eigenvalue weighted by molar-refractivity contribution is 5.84. The number of aromatic nitrogens is 1. The SMILES string of the molecule is Cc1cn(C(C)C)c2ccc(CC(C)(C)O)cc12. The molecule has 0 saturated carbocycles. The predicted molar refractivity (Wildman–Crippen MR) is 77.1 cm³/mol. The van der Waals surface area contributed by atoms with E-state index in [0.717, 1.165) is 0 Å². The Kier molecular flexibility index (Phi) is 3.24. The predicted octanol–water partition coefficient (Wildman–Crippen LogP) is 3.84. The van der Waals surface area contributed by atoms with Crippen LogP contribution in [0, 0.1) is 6.92 Å². The molecule has 1 heterocycles. The topological polar surface area (TPSA) is 25.2 Å². The van der Waals surface area contributed by atoms with Gasteiger partial charge in [-0.3, -0.25) is 0 Å². The van der Waals surface area contributed by atoms with E-state index in [9.17, 15) is 5.11 Å². The zero-order valence-electron chi connectivity index (χ0n) is 12.0. The number of hydrogen-bond donors (Lipinski definition) is 1. The lowest BCUT2D eigenvalue weighted by Gasteiger charge is -2.17. The Morgan fingerprint density at radius 2 is 1.94 bits per heavy atom. The highest BCUT2D eigenvalue weighted by Gasteiger charge is 2.15. The van der Waals surface area contributed by atoms with Crippen molar-refractivity contribution in [3.8, 4) is 0 Å². The minimum atomic E-state index is -0.651. The van der Waals surface area contributed by atoms with Crippen molar-refractivity contribution in [1.82, 2.24) is 4.57 Å². The lowest BCUT2D eigenvalue weighted by atomic mass is 9.97. The van der Waals surface area contributed by atoms with Gasteiger partial charge in [-0.2, -0.15) is 0 Å². The van der Waals surface area contributed by atoms with Gasteiger partial charge < -0.3 is 9.67 Å². The molecule has 0 radical (unpaired) electrons. The van der Waals surface area contributed by atoms with Crippen LogP contribution in [0.3, 0.4) is 0 Å². The van der Waals surface area contributed by atoms with E-state index in [-0.39, 0.29) is 0 Å². The van der Waals surface area contributed by atoms with Gasteiger partial charge in [-0.25, -0.2) is 0 Å². The number of aliphatic hydroxyl groups is 1. The second kappa shape index (κ2) is 4.43. The van der Waals surface area contributed by atoms with Crippen molar-refractivity contribution >= 4 is 10.9 Å². The minimum Gasteiger partial charge on any atom is -0.390 e. The normalized spacial score (nSPS) is 12.6. The molecular formula is C16H23NO. The molecule has 0 saturated heterocycles. The first-order valence-electron chi connectivity index (χ1n) is 6.60. The summed E-state index contributed by atoms with van der Waals surface area (Å²) in [7, 11) is 0. The van der Waals surface area contributed by atoms with Gasteiger partial charge >= 0.3 is 0 Å². The lowest BCUT2D eigenvalue weighted by Crippen LogP contribution is -2.21. The third kappa shape index (κ3) is 2.59. The zero-order valence-corrected chi connectivity index (χ0v) is 12.0. The van der Waals surface area contributed by atoms with Crippen molar-refractivity contribution in [2.45, 2.75) is 52.7 Å². The Morgan fingerprint density at radius 3 is 2.50 bits per heavy atom. The highest BCUT2D eigenvalue weighted by atomic mass is 16.3. The summed E-state index contributed by atoms with van der Waals surface area (Å²) in [5.74, 6) is 0. The monoisotopic (exact) mass is 245 g/mol. The molecule has 2 rings (SSSR count). The average molecular weight is 245 g/mol. The summed E-state index contributed by atoms with van der Waals surface area (Å²) in [5.41, 5.74) is 3.13. The van der Waals surface area contributed by atoms with E-state index in [1.807, 2.05) is 13.8 Å². The Morgan fingerprint density at radius 1 is 1.28 bits per heavy atom. The van der Waals surface area contributed by atoms with Crippen LogP contribution in [0.25, 0.3) is 10.9 Å². The summed E-state index contributed by atoms with van der Waals surface area (Å²) in [6, 6.07) is 6.98. The summed E-state index contributed by atoms with van der Waals surface area (Å²) in [4.78, 5) is 0. The second-order valence-electron chi connectivity index (χ2n) is 6.15. The number of hydrogen-bond acceptors (Lipinski definition) is 1. The Labute approximate surface area is 109 Å². The molecule has 0 aliphatic carbocycles. The fourth-order valence-electron chi connectivity index (χ4n) is 2.51. The van der Waals surface area contributed by atoms with Crippen molar-refractivity contribution in [3.05, 3.63) is 35.5 Å². The van der Waals surface area contributed by atoms with Gasteiger partial charge in [0.1, 0.15) is 0 Å². The van der Waals surface area contributed by atoms with E-state index >= 15 is 0 Å². The molecule has 1 aromatic carbocycles. The molecule has 1 N–H and O–H groups in total. The van der Waals surface area contributed by atoms with Gasteiger partial charge in [0.05, 0.1) is 5.60 Å². The van der Waals surface area contributed by atoms with Gasteiger partial charge in [0, 0.05) is 29.6 Å². The number of aryl methyl sites for hydroxylation is 1. The van der Waals surface area contributed by atoms with Crippen LogP contribution in [0.15, 0.2) is 24.4 Å². The maximum absolute atomic E-state index is 9.90. The average Bonchev–Trinajstić information content (AvgIpc) is 2.54. The quantitative estimate of drug-likeness (QED) is 0.873. The molecule has 0 amide bonds. The second-order valence-corrected chi connectivity index (χ2v) is 6.15. The van der Waals surface area contributed by atoms with E-state index in [1.54, 1.807) is 0 Å². The molecule has 0 fully saturated rings. The largest absolute Gasteiger partial charge is 0.390 e. The fourth-order valence-corrected chi connectivity index (χ4v) is 2.51. The Balaban J connectivity index is 2.49. The van der Waals surface area contributed by atoms with Crippen LogP contribution in [0.1, 0.15) is 44.9 Å². The first-order valence-corrected chi connectivity index (χ1v) is 6.60. The van der Waals surface area contributed by atoms with Gasteiger partial charge in [-0.05, 0) is 57.9 Å². The van der Waals surface area contributed by atoms with E-state index in [1.165, 1.54) is 22.0 Å². The molecule has 2 heteroatoms. The number of benzene rings is 1. The molecule has 0 atom stereocenters. The molecule has 1 aromatic heterocycles. The third-order valence-corrected chi connectivity index (χ3v) is 3.29. The Hall–Kier alpha value is -1.28. The molecule has 0 bridgehead atoms. The smallest absolute Gasteiger partial charge is 0.0631 e. The first-order chi connectivity index (χ1) is 8.28. The van der Waals surface area contributed by atoms with E-state index in [4.69, 9.17) is 0 Å². The lowest BCUT2D eigenvalue weighted by molar-refractivity contribution is 0.0810. The van der Waals surface area contributed by atoms with Crippen LogP contribution in [-0.4, -0.2) is 15.3 Å². The van der Waals surface area contributed by atoms with E-state index in [0.29, 0.717) is 12.5 Å². The molecule has 2 nitrogen and oxygen atoms in total. The van der Waals surface area contributed by atoms with Crippen LogP contribution in [0.4, 0.5) is 0 Å². The molecule has 0 aliphatic heterocycles. The molecule has 0 spiro atoms. The summed E-state index contributed by atoms with van der Waals surface area (Å²) >= 11 is 0.